The van der Waals surface area contributed by atoms with Crippen LogP contribution in [0.3, 0.4) is 0 Å². The minimum Gasteiger partial charge on any atom is -0.423 e. The highest BCUT2D eigenvalue weighted by Crippen LogP contribution is 2.20. The molecule has 0 amide bonds. The first-order valence-corrected chi connectivity index (χ1v) is 7.18. The van der Waals surface area contributed by atoms with Gasteiger partial charge in [0.1, 0.15) is 5.75 Å². The third kappa shape index (κ3) is 3.82. The molecule has 2 rings (SSSR count). The average molecular weight is 280 g/mol. The standard InChI is InChI=1S/C19H20O2/c1-4-14(3)16-8-10-17(11-9-16)19(20)21-18-12-6-15(5-2)7-13-18/h5-14H,2,4H2,1,3H3. The van der Waals surface area contributed by atoms with Crippen LogP contribution in [-0.4, -0.2) is 5.97 Å². The van der Waals surface area contributed by atoms with E-state index in [4.69, 9.17) is 4.74 Å². The second-order valence-corrected chi connectivity index (χ2v) is 5.09. The maximum atomic E-state index is 12.1. The predicted molar refractivity (Wildman–Crippen MR) is 86.6 cm³/mol. The Morgan fingerprint density at radius 2 is 1.76 bits per heavy atom. The van der Waals surface area contributed by atoms with Crippen LogP contribution >= 0.6 is 0 Å². The Balaban J connectivity index is 2.07. The molecule has 2 aromatic rings. The van der Waals surface area contributed by atoms with E-state index in [1.807, 2.05) is 36.4 Å². The first-order chi connectivity index (χ1) is 10.1. The summed E-state index contributed by atoms with van der Waals surface area (Å²) in [5.74, 6) is 0.704. The van der Waals surface area contributed by atoms with Gasteiger partial charge in [-0.15, -0.1) is 0 Å². The third-order valence-electron chi connectivity index (χ3n) is 3.65. The van der Waals surface area contributed by atoms with Crippen LogP contribution in [0.2, 0.25) is 0 Å². The third-order valence-corrected chi connectivity index (χ3v) is 3.65. The zero-order valence-corrected chi connectivity index (χ0v) is 12.5. The molecule has 21 heavy (non-hydrogen) atoms. The molecule has 2 nitrogen and oxygen atoms in total. The lowest BCUT2D eigenvalue weighted by atomic mass is 9.98. The molecule has 0 N–H and O–H groups in total. The van der Waals surface area contributed by atoms with Crippen LogP contribution in [0.4, 0.5) is 0 Å². The van der Waals surface area contributed by atoms with E-state index in [1.165, 1.54) is 5.56 Å². The molecule has 0 spiro atoms. The first kappa shape index (κ1) is 15.0. The number of carbonyl (C=O) groups excluding carboxylic acids is 1. The largest absolute Gasteiger partial charge is 0.423 e. The van der Waals surface area contributed by atoms with Crippen molar-refractivity contribution in [1.29, 1.82) is 0 Å². The fraction of sp³-hybridized carbons (Fsp3) is 0.211. The number of esters is 1. The highest BCUT2D eigenvalue weighted by Gasteiger charge is 2.09. The smallest absolute Gasteiger partial charge is 0.343 e. The summed E-state index contributed by atoms with van der Waals surface area (Å²) in [5, 5.41) is 0. The molecule has 0 saturated heterocycles. The van der Waals surface area contributed by atoms with E-state index in [-0.39, 0.29) is 5.97 Å². The fourth-order valence-corrected chi connectivity index (χ4v) is 2.02. The molecule has 0 aliphatic rings. The van der Waals surface area contributed by atoms with Crippen LogP contribution in [0.5, 0.6) is 5.75 Å². The summed E-state index contributed by atoms with van der Waals surface area (Å²) in [6.45, 7) is 8.02. The SMILES string of the molecule is C=Cc1ccc(OC(=O)c2ccc(C(C)CC)cc2)cc1. The highest BCUT2D eigenvalue weighted by molar-refractivity contribution is 5.91. The molecular formula is C19H20O2. The number of ether oxygens (including phenoxy) is 1. The minimum absolute atomic E-state index is 0.336. The summed E-state index contributed by atoms with van der Waals surface area (Å²) in [4.78, 5) is 12.1. The molecule has 1 unspecified atom stereocenters. The van der Waals surface area contributed by atoms with E-state index in [1.54, 1.807) is 18.2 Å². The Labute approximate surface area is 126 Å². The molecule has 0 radical (unpaired) electrons. The van der Waals surface area contributed by atoms with E-state index in [2.05, 4.69) is 20.4 Å². The lowest BCUT2D eigenvalue weighted by Gasteiger charge is -2.09. The van der Waals surface area contributed by atoms with Gasteiger partial charge in [0.05, 0.1) is 5.56 Å². The zero-order chi connectivity index (χ0) is 15.2. The van der Waals surface area contributed by atoms with E-state index in [9.17, 15) is 4.79 Å². The quantitative estimate of drug-likeness (QED) is 0.565. The molecule has 0 aliphatic heterocycles. The maximum absolute atomic E-state index is 12.1. The second-order valence-electron chi connectivity index (χ2n) is 5.09. The van der Waals surface area contributed by atoms with Crippen LogP contribution in [-0.2, 0) is 0 Å². The monoisotopic (exact) mass is 280 g/mol. The van der Waals surface area contributed by atoms with Gasteiger partial charge in [-0.1, -0.05) is 50.8 Å². The van der Waals surface area contributed by atoms with Gasteiger partial charge in [0.15, 0.2) is 0 Å². The van der Waals surface area contributed by atoms with Crippen molar-refractivity contribution in [3.05, 3.63) is 71.8 Å². The van der Waals surface area contributed by atoms with Crippen LogP contribution in [0.1, 0.15) is 47.7 Å². The van der Waals surface area contributed by atoms with Gasteiger partial charge >= 0.3 is 5.97 Å². The summed E-state index contributed by atoms with van der Waals surface area (Å²) in [7, 11) is 0. The first-order valence-electron chi connectivity index (χ1n) is 7.18. The van der Waals surface area contributed by atoms with Gasteiger partial charge in [-0.2, -0.15) is 0 Å². The van der Waals surface area contributed by atoms with Gasteiger partial charge in [-0.05, 0) is 47.7 Å². The highest BCUT2D eigenvalue weighted by atomic mass is 16.5. The van der Waals surface area contributed by atoms with Gasteiger partial charge in [-0.3, -0.25) is 0 Å². The predicted octanol–water partition coefficient (Wildman–Crippen LogP) is 5.06. The lowest BCUT2D eigenvalue weighted by Crippen LogP contribution is -2.08. The van der Waals surface area contributed by atoms with E-state index < -0.39 is 0 Å². The van der Waals surface area contributed by atoms with Crippen molar-refractivity contribution in [3.8, 4) is 5.75 Å². The van der Waals surface area contributed by atoms with Gasteiger partial charge in [0.2, 0.25) is 0 Å². The molecule has 2 heteroatoms. The van der Waals surface area contributed by atoms with Gasteiger partial charge in [-0.25, -0.2) is 4.79 Å². The molecule has 0 aromatic heterocycles. The Hall–Kier alpha value is -2.35. The van der Waals surface area contributed by atoms with E-state index in [0.29, 0.717) is 17.2 Å². The van der Waals surface area contributed by atoms with Crippen LogP contribution in [0, 0.1) is 0 Å². The summed E-state index contributed by atoms with van der Waals surface area (Å²) < 4.78 is 5.35. The summed E-state index contributed by atoms with van der Waals surface area (Å²) in [6, 6.07) is 14.9. The molecule has 0 heterocycles. The summed E-state index contributed by atoms with van der Waals surface area (Å²) in [6.07, 6.45) is 2.83. The molecule has 108 valence electrons. The fourth-order valence-electron chi connectivity index (χ4n) is 2.02. The zero-order valence-electron chi connectivity index (χ0n) is 12.5. The average Bonchev–Trinajstić information content (AvgIpc) is 2.55. The van der Waals surface area contributed by atoms with Crippen LogP contribution in [0.25, 0.3) is 6.08 Å². The van der Waals surface area contributed by atoms with Crippen molar-refractivity contribution in [1.82, 2.24) is 0 Å². The molecule has 2 aromatic carbocycles. The van der Waals surface area contributed by atoms with Crippen molar-refractivity contribution >= 4 is 12.0 Å². The Morgan fingerprint density at radius 1 is 1.14 bits per heavy atom. The second kappa shape index (κ2) is 6.89. The Morgan fingerprint density at radius 3 is 2.29 bits per heavy atom. The summed E-state index contributed by atoms with van der Waals surface area (Å²) >= 11 is 0. The lowest BCUT2D eigenvalue weighted by molar-refractivity contribution is 0.0734. The number of rotatable bonds is 5. The van der Waals surface area contributed by atoms with Crippen LogP contribution < -0.4 is 4.74 Å². The maximum Gasteiger partial charge on any atom is 0.343 e. The van der Waals surface area contributed by atoms with Crippen molar-refractivity contribution in [2.24, 2.45) is 0 Å². The van der Waals surface area contributed by atoms with E-state index >= 15 is 0 Å². The normalized spacial score (nSPS) is 11.7. The van der Waals surface area contributed by atoms with Crippen molar-refractivity contribution in [3.63, 3.8) is 0 Å². The Kier molecular flexibility index (Phi) is 4.94. The number of hydrogen-bond acceptors (Lipinski definition) is 2. The molecule has 0 aliphatic carbocycles. The molecule has 0 bridgehead atoms. The minimum atomic E-state index is -0.336. The number of hydrogen-bond donors (Lipinski definition) is 0. The topological polar surface area (TPSA) is 26.3 Å². The number of benzene rings is 2. The molecule has 1 atom stereocenters. The van der Waals surface area contributed by atoms with Crippen molar-refractivity contribution < 1.29 is 9.53 Å². The van der Waals surface area contributed by atoms with Crippen LogP contribution in [0.15, 0.2) is 55.1 Å². The van der Waals surface area contributed by atoms with Gasteiger partial charge in [0, 0.05) is 0 Å². The molecule has 0 saturated carbocycles. The van der Waals surface area contributed by atoms with Gasteiger partial charge < -0.3 is 4.74 Å². The summed E-state index contributed by atoms with van der Waals surface area (Å²) in [5.41, 5.74) is 2.80. The molecular weight excluding hydrogens is 260 g/mol. The number of carbonyl (C=O) groups is 1. The van der Waals surface area contributed by atoms with Crippen molar-refractivity contribution in [2.45, 2.75) is 26.2 Å². The Bertz CT molecular complexity index is 609. The van der Waals surface area contributed by atoms with Crippen molar-refractivity contribution in [2.75, 3.05) is 0 Å². The molecule has 0 fully saturated rings. The van der Waals surface area contributed by atoms with E-state index in [0.717, 1.165) is 12.0 Å². The van der Waals surface area contributed by atoms with Gasteiger partial charge in [0.25, 0.3) is 0 Å².